The molecule has 0 aromatic heterocycles. The number of allylic oxidation sites excluding steroid dienone is 1. The highest BCUT2D eigenvalue weighted by Crippen LogP contribution is 2.42. The van der Waals surface area contributed by atoms with Crippen LogP contribution in [0.2, 0.25) is 0 Å². The van der Waals surface area contributed by atoms with Crippen molar-refractivity contribution in [1.29, 1.82) is 0 Å². The van der Waals surface area contributed by atoms with Crippen molar-refractivity contribution >= 4 is 28.3 Å². The van der Waals surface area contributed by atoms with Crippen molar-refractivity contribution in [3.05, 3.63) is 34.2 Å². The van der Waals surface area contributed by atoms with Gasteiger partial charge in [-0.15, -0.1) is 0 Å². The first-order chi connectivity index (χ1) is 9.33. The van der Waals surface area contributed by atoms with Crippen LogP contribution in [0, 0.1) is 0 Å². The minimum Gasteiger partial charge on any atom is -0.385 e. The number of benzene rings is 1. The monoisotopic (exact) mass is 271 g/mol. The number of hydrogen-bond acceptors (Lipinski definition) is 4. The molecular formula is C15H17N3S. The molecule has 0 spiro atoms. The normalized spacial score (nSPS) is 21.1. The second kappa shape index (κ2) is 4.30. The quantitative estimate of drug-likeness (QED) is 0.850. The molecule has 0 saturated carbocycles. The van der Waals surface area contributed by atoms with Crippen molar-refractivity contribution in [2.45, 2.75) is 19.8 Å². The predicted molar refractivity (Wildman–Crippen MR) is 82.4 cm³/mol. The van der Waals surface area contributed by atoms with Gasteiger partial charge in [-0.05, 0) is 43.0 Å². The zero-order valence-electron chi connectivity index (χ0n) is 11.1. The maximum Gasteiger partial charge on any atom is 0.168 e. The second-order valence-electron chi connectivity index (χ2n) is 5.23. The van der Waals surface area contributed by atoms with Crippen molar-refractivity contribution < 1.29 is 0 Å². The summed E-state index contributed by atoms with van der Waals surface area (Å²) in [7, 11) is 0. The van der Waals surface area contributed by atoms with Gasteiger partial charge in [0.25, 0.3) is 0 Å². The Hall–Kier alpha value is -1.42. The van der Waals surface area contributed by atoms with E-state index in [-0.39, 0.29) is 0 Å². The smallest absolute Gasteiger partial charge is 0.168 e. The highest BCUT2D eigenvalue weighted by molar-refractivity contribution is 8.17. The lowest BCUT2D eigenvalue weighted by atomic mass is 9.99. The van der Waals surface area contributed by atoms with Gasteiger partial charge in [0.2, 0.25) is 0 Å². The Labute approximate surface area is 117 Å². The van der Waals surface area contributed by atoms with Gasteiger partial charge >= 0.3 is 0 Å². The van der Waals surface area contributed by atoms with Crippen LogP contribution in [-0.2, 0) is 6.42 Å². The van der Waals surface area contributed by atoms with E-state index >= 15 is 0 Å². The molecule has 4 rings (SSSR count). The van der Waals surface area contributed by atoms with E-state index in [1.165, 1.54) is 45.4 Å². The van der Waals surface area contributed by atoms with Crippen LogP contribution in [0.5, 0.6) is 0 Å². The Morgan fingerprint density at radius 1 is 1.37 bits per heavy atom. The van der Waals surface area contributed by atoms with E-state index in [9.17, 15) is 0 Å². The van der Waals surface area contributed by atoms with Crippen LogP contribution in [0.1, 0.15) is 24.5 Å². The van der Waals surface area contributed by atoms with Gasteiger partial charge in [0.1, 0.15) is 0 Å². The third-order valence-corrected chi connectivity index (χ3v) is 5.00. The first kappa shape index (κ1) is 11.4. The fraction of sp³-hybridized carbons (Fsp3) is 0.400. The number of amidine groups is 1. The number of rotatable bonds is 1. The maximum atomic E-state index is 4.56. The highest BCUT2D eigenvalue weighted by Gasteiger charge is 2.31. The molecule has 0 bridgehead atoms. The first-order valence-electron chi connectivity index (χ1n) is 6.91. The number of nitrogens with zero attached hydrogens (tertiary/aromatic N) is 2. The van der Waals surface area contributed by atoms with Crippen LogP contribution >= 0.6 is 11.8 Å². The molecule has 1 aromatic carbocycles. The van der Waals surface area contributed by atoms with Gasteiger partial charge < -0.3 is 10.2 Å². The van der Waals surface area contributed by atoms with Crippen LogP contribution in [0.4, 0.5) is 5.69 Å². The van der Waals surface area contributed by atoms with Crippen LogP contribution in [0.3, 0.4) is 0 Å². The summed E-state index contributed by atoms with van der Waals surface area (Å²) < 4.78 is 0. The van der Waals surface area contributed by atoms with Gasteiger partial charge in [0.15, 0.2) is 5.17 Å². The van der Waals surface area contributed by atoms with E-state index in [1.54, 1.807) is 0 Å². The number of aryl methyl sites for hydroxylation is 1. The van der Waals surface area contributed by atoms with Gasteiger partial charge in [-0.25, -0.2) is 0 Å². The standard InChI is InChI=1S/C15H17N3S/c1-10-14(18-8-7-17-15(18)19-10)12-4-5-13-11(9-12)3-2-6-16-13/h4-5,9,16H,2-3,6-8H2,1H3. The molecule has 3 aliphatic rings. The van der Waals surface area contributed by atoms with Crippen molar-refractivity contribution in [2.24, 2.45) is 4.99 Å². The van der Waals surface area contributed by atoms with Gasteiger partial charge in [0.05, 0.1) is 12.2 Å². The molecule has 0 fully saturated rings. The topological polar surface area (TPSA) is 27.6 Å². The van der Waals surface area contributed by atoms with E-state index in [0.717, 1.165) is 19.6 Å². The van der Waals surface area contributed by atoms with E-state index in [1.807, 2.05) is 11.8 Å². The van der Waals surface area contributed by atoms with Crippen molar-refractivity contribution in [1.82, 2.24) is 4.90 Å². The molecule has 3 heterocycles. The summed E-state index contributed by atoms with van der Waals surface area (Å²) in [6, 6.07) is 6.85. The van der Waals surface area contributed by atoms with E-state index in [0.29, 0.717) is 0 Å². The van der Waals surface area contributed by atoms with Gasteiger partial charge in [0, 0.05) is 23.7 Å². The molecular weight excluding hydrogens is 254 g/mol. The molecule has 19 heavy (non-hydrogen) atoms. The van der Waals surface area contributed by atoms with Gasteiger partial charge in [-0.1, -0.05) is 17.8 Å². The molecule has 0 radical (unpaired) electrons. The Morgan fingerprint density at radius 2 is 2.32 bits per heavy atom. The molecule has 0 aliphatic carbocycles. The highest BCUT2D eigenvalue weighted by atomic mass is 32.2. The molecule has 0 unspecified atom stereocenters. The Balaban J connectivity index is 1.76. The Morgan fingerprint density at radius 3 is 3.26 bits per heavy atom. The fourth-order valence-corrected chi connectivity index (χ4v) is 4.13. The van der Waals surface area contributed by atoms with E-state index in [4.69, 9.17) is 0 Å². The largest absolute Gasteiger partial charge is 0.385 e. The summed E-state index contributed by atoms with van der Waals surface area (Å²) in [5.74, 6) is 0. The zero-order chi connectivity index (χ0) is 12.8. The summed E-state index contributed by atoms with van der Waals surface area (Å²) >= 11 is 1.82. The molecule has 3 nitrogen and oxygen atoms in total. The fourth-order valence-electron chi connectivity index (χ4n) is 3.08. The minimum atomic E-state index is 0.936. The van der Waals surface area contributed by atoms with Crippen LogP contribution in [-0.4, -0.2) is 29.7 Å². The van der Waals surface area contributed by atoms with E-state index in [2.05, 4.69) is 40.3 Å². The second-order valence-corrected chi connectivity index (χ2v) is 6.41. The number of anilines is 1. The predicted octanol–water partition coefficient (Wildman–Crippen LogP) is 3.15. The average molecular weight is 271 g/mol. The zero-order valence-corrected chi connectivity index (χ0v) is 11.9. The van der Waals surface area contributed by atoms with E-state index < -0.39 is 0 Å². The van der Waals surface area contributed by atoms with Gasteiger partial charge in [-0.2, -0.15) is 0 Å². The third-order valence-electron chi connectivity index (χ3n) is 3.97. The number of thioether (sulfide) groups is 1. The number of fused-ring (bicyclic) bond motifs is 2. The molecule has 1 N–H and O–H groups in total. The molecule has 0 amide bonds. The van der Waals surface area contributed by atoms with Crippen LogP contribution in [0.25, 0.3) is 5.70 Å². The summed E-state index contributed by atoms with van der Waals surface area (Å²) in [4.78, 5) is 8.31. The Bertz CT molecular complexity index is 603. The molecule has 0 saturated heterocycles. The van der Waals surface area contributed by atoms with Crippen LogP contribution < -0.4 is 5.32 Å². The molecule has 0 atom stereocenters. The summed E-state index contributed by atoms with van der Waals surface area (Å²) in [6.07, 6.45) is 2.43. The average Bonchev–Trinajstić information content (AvgIpc) is 2.98. The summed E-state index contributed by atoms with van der Waals surface area (Å²) in [6.45, 7) is 5.28. The Kier molecular flexibility index (Phi) is 2.58. The van der Waals surface area contributed by atoms with Crippen molar-refractivity contribution in [3.63, 3.8) is 0 Å². The minimum absolute atomic E-state index is 0.936. The van der Waals surface area contributed by atoms with Gasteiger partial charge in [-0.3, -0.25) is 4.99 Å². The number of nitrogens with one attached hydrogen (secondary N) is 1. The molecule has 4 heteroatoms. The SMILES string of the molecule is CC1=C(c2ccc3c(c2)CCCN3)N2CCN=C2S1. The molecule has 1 aromatic rings. The first-order valence-corrected chi connectivity index (χ1v) is 7.72. The summed E-state index contributed by atoms with van der Waals surface area (Å²) in [5, 5.41) is 4.66. The lowest BCUT2D eigenvalue weighted by Gasteiger charge is -2.21. The number of aliphatic imine (C=N–C) groups is 1. The lowest BCUT2D eigenvalue weighted by molar-refractivity contribution is 0.647. The van der Waals surface area contributed by atoms with Crippen molar-refractivity contribution in [2.75, 3.05) is 25.0 Å². The van der Waals surface area contributed by atoms with Crippen LogP contribution in [0.15, 0.2) is 28.1 Å². The third kappa shape index (κ3) is 1.77. The van der Waals surface area contributed by atoms with Crippen molar-refractivity contribution in [3.8, 4) is 0 Å². The summed E-state index contributed by atoms with van der Waals surface area (Å²) in [5.41, 5.74) is 5.49. The number of hydrogen-bond donors (Lipinski definition) is 1. The lowest BCUT2D eigenvalue weighted by Crippen LogP contribution is -2.20. The molecule has 3 aliphatic heterocycles. The maximum absolute atomic E-state index is 4.56. The molecule has 98 valence electrons.